The van der Waals surface area contributed by atoms with Gasteiger partial charge >= 0.3 is 0 Å². The van der Waals surface area contributed by atoms with Crippen molar-refractivity contribution in [3.05, 3.63) is 52.4 Å². The van der Waals surface area contributed by atoms with Gasteiger partial charge in [0.2, 0.25) is 0 Å². The van der Waals surface area contributed by atoms with E-state index in [0.29, 0.717) is 9.93 Å². The summed E-state index contributed by atoms with van der Waals surface area (Å²) in [5.74, 6) is -0.539. The minimum Gasteiger partial charge on any atom is -0.288 e. The molecule has 0 unspecified atom stereocenters. The van der Waals surface area contributed by atoms with Crippen LogP contribution >= 0.6 is 23.4 Å². The Kier molecular flexibility index (Phi) is 5.83. The highest BCUT2D eigenvalue weighted by molar-refractivity contribution is 8.04. The molecule has 0 aliphatic heterocycles. The fourth-order valence-electron chi connectivity index (χ4n) is 1.02. The summed E-state index contributed by atoms with van der Waals surface area (Å²) in [7, 11) is 0. The van der Waals surface area contributed by atoms with Gasteiger partial charge in [0.1, 0.15) is 0 Å². The van der Waals surface area contributed by atoms with Gasteiger partial charge in [-0.1, -0.05) is 35.5 Å². The molecule has 1 rings (SSSR count). The van der Waals surface area contributed by atoms with E-state index < -0.39 is 5.91 Å². The topological polar surface area (TPSA) is 49.3 Å². The minimum absolute atomic E-state index is 0.396. The standard InChI is InChI=1S/C12H12ClNO2S/c1-2-3-4-11(12(15)14-16)17-10-7-5-9(13)6-8-10/h2-8,16H,1H3,(H,14,15)/b3-2+,11-4-. The van der Waals surface area contributed by atoms with E-state index in [9.17, 15) is 4.79 Å². The molecule has 0 radical (unpaired) electrons. The predicted octanol–water partition coefficient (Wildman–Crippen LogP) is 3.40. The van der Waals surface area contributed by atoms with Crippen LogP contribution in [0, 0.1) is 0 Å². The smallest absolute Gasteiger partial charge is 0.281 e. The van der Waals surface area contributed by atoms with Crippen LogP contribution in [-0.2, 0) is 4.79 Å². The highest BCUT2D eigenvalue weighted by Crippen LogP contribution is 2.27. The van der Waals surface area contributed by atoms with E-state index in [4.69, 9.17) is 16.8 Å². The second kappa shape index (κ2) is 7.17. The Hall–Kier alpha value is -1.23. The number of benzene rings is 1. The first kappa shape index (κ1) is 13.8. The number of halogens is 1. The van der Waals surface area contributed by atoms with Crippen molar-refractivity contribution in [2.75, 3.05) is 0 Å². The molecular formula is C12H12ClNO2S. The Morgan fingerprint density at radius 2 is 2.06 bits per heavy atom. The average Bonchev–Trinajstić information content (AvgIpc) is 2.36. The van der Waals surface area contributed by atoms with Crippen LogP contribution in [-0.4, -0.2) is 11.1 Å². The number of nitrogens with one attached hydrogen (secondary N) is 1. The van der Waals surface area contributed by atoms with E-state index in [1.165, 1.54) is 11.8 Å². The summed E-state index contributed by atoms with van der Waals surface area (Å²) in [4.78, 5) is 12.6. The van der Waals surface area contributed by atoms with Gasteiger partial charge in [0.05, 0.1) is 4.91 Å². The second-order valence-electron chi connectivity index (χ2n) is 3.05. The number of thioether (sulfide) groups is 1. The van der Waals surface area contributed by atoms with Gasteiger partial charge in [-0.2, -0.15) is 0 Å². The largest absolute Gasteiger partial charge is 0.288 e. The quantitative estimate of drug-likeness (QED) is 0.290. The van der Waals surface area contributed by atoms with Gasteiger partial charge in [0, 0.05) is 9.92 Å². The Morgan fingerprint density at radius 3 is 2.59 bits per heavy atom. The molecule has 2 N–H and O–H groups in total. The normalized spacial score (nSPS) is 11.8. The molecule has 0 aliphatic carbocycles. The van der Waals surface area contributed by atoms with Crippen LogP contribution < -0.4 is 5.48 Å². The molecule has 90 valence electrons. The van der Waals surface area contributed by atoms with Crippen LogP contribution in [0.15, 0.2) is 52.3 Å². The third-order valence-corrected chi connectivity index (χ3v) is 3.11. The molecular weight excluding hydrogens is 258 g/mol. The van der Waals surface area contributed by atoms with E-state index >= 15 is 0 Å². The summed E-state index contributed by atoms with van der Waals surface area (Å²) in [6.07, 6.45) is 5.16. The van der Waals surface area contributed by atoms with Crippen molar-refractivity contribution < 1.29 is 10.0 Å². The third kappa shape index (κ3) is 4.65. The molecule has 1 aromatic carbocycles. The molecule has 5 heteroatoms. The number of carbonyl (C=O) groups excluding carboxylic acids is 1. The lowest BCUT2D eigenvalue weighted by molar-refractivity contribution is -0.124. The fraction of sp³-hybridized carbons (Fsp3) is 0.0833. The van der Waals surface area contributed by atoms with E-state index in [0.717, 1.165) is 4.90 Å². The molecule has 0 saturated heterocycles. The van der Waals surface area contributed by atoms with Gasteiger partial charge in [-0.3, -0.25) is 10.0 Å². The lowest BCUT2D eigenvalue weighted by Gasteiger charge is -2.04. The van der Waals surface area contributed by atoms with Crippen molar-refractivity contribution in [3.63, 3.8) is 0 Å². The molecule has 0 spiro atoms. The highest BCUT2D eigenvalue weighted by atomic mass is 35.5. The van der Waals surface area contributed by atoms with Crippen LogP contribution in [0.5, 0.6) is 0 Å². The summed E-state index contributed by atoms with van der Waals surface area (Å²) < 4.78 is 0. The Bertz CT molecular complexity index is 440. The first-order chi connectivity index (χ1) is 8.17. The number of hydroxylamine groups is 1. The summed E-state index contributed by atoms with van der Waals surface area (Å²) in [5, 5.41) is 9.27. The van der Waals surface area contributed by atoms with Crippen LogP contribution in [0.25, 0.3) is 0 Å². The zero-order valence-electron chi connectivity index (χ0n) is 9.18. The Morgan fingerprint density at radius 1 is 1.41 bits per heavy atom. The number of hydrogen-bond donors (Lipinski definition) is 2. The summed E-state index contributed by atoms with van der Waals surface area (Å²) in [6, 6.07) is 7.10. The second-order valence-corrected chi connectivity index (χ2v) is 4.61. The molecule has 3 nitrogen and oxygen atoms in total. The van der Waals surface area contributed by atoms with Gasteiger partial charge in [0.15, 0.2) is 0 Å². The maximum atomic E-state index is 11.4. The SMILES string of the molecule is C/C=C/C=C(\Sc1ccc(Cl)cc1)C(=O)NO. The zero-order valence-corrected chi connectivity index (χ0v) is 10.8. The van der Waals surface area contributed by atoms with Crippen molar-refractivity contribution in [1.82, 2.24) is 5.48 Å². The number of hydrogen-bond acceptors (Lipinski definition) is 3. The average molecular weight is 270 g/mol. The van der Waals surface area contributed by atoms with E-state index in [-0.39, 0.29) is 0 Å². The molecule has 1 aromatic rings. The number of carbonyl (C=O) groups is 1. The summed E-state index contributed by atoms with van der Waals surface area (Å²) in [6.45, 7) is 1.85. The zero-order chi connectivity index (χ0) is 12.7. The van der Waals surface area contributed by atoms with Crippen molar-refractivity contribution in [2.45, 2.75) is 11.8 Å². The lowest BCUT2D eigenvalue weighted by atomic mass is 10.4. The molecule has 17 heavy (non-hydrogen) atoms. The number of rotatable bonds is 4. The van der Waals surface area contributed by atoms with Crippen LogP contribution in [0.4, 0.5) is 0 Å². The monoisotopic (exact) mass is 269 g/mol. The van der Waals surface area contributed by atoms with Gasteiger partial charge in [-0.25, -0.2) is 5.48 Å². The first-order valence-corrected chi connectivity index (χ1v) is 6.07. The number of allylic oxidation sites excluding steroid dienone is 3. The van der Waals surface area contributed by atoms with Gasteiger partial charge < -0.3 is 0 Å². The minimum atomic E-state index is -0.539. The van der Waals surface area contributed by atoms with Crippen LogP contribution in [0.1, 0.15) is 6.92 Å². The number of amides is 1. The first-order valence-electron chi connectivity index (χ1n) is 4.88. The van der Waals surface area contributed by atoms with Crippen molar-refractivity contribution in [2.24, 2.45) is 0 Å². The lowest BCUT2D eigenvalue weighted by Crippen LogP contribution is -2.19. The van der Waals surface area contributed by atoms with Gasteiger partial charge in [-0.15, -0.1) is 0 Å². The summed E-state index contributed by atoms with van der Waals surface area (Å²) in [5.41, 5.74) is 1.62. The maximum absolute atomic E-state index is 11.4. The van der Waals surface area contributed by atoms with Crippen LogP contribution in [0.2, 0.25) is 5.02 Å². The van der Waals surface area contributed by atoms with Gasteiger partial charge in [-0.05, 0) is 37.3 Å². The third-order valence-electron chi connectivity index (χ3n) is 1.81. The molecule has 0 heterocycles. The predicted molar refractivity (Wildman–Crippen MR) is 70.1 cm³/mol. The molecule has 0 saturated carbocycles. The molecule has 0 atom stereocenters. The fourth-order valence-corrected chi connectivity index (χ4v) is 1.96. The van der Waals surface area contributed by atoms with Crippen molar-refractivity contribution in [3.8, 4) is 0 Å². The van der Waals surface area contributed by atoms with E-state index in [1.54, 1.807) is 48.0 Å². The van der Waals surface area contributed by atoms with E-state index in [1.807, 2.05) is 6.92 Å². The van der Waals surface area contributed by atoms with Crippen molar-refractivity contribution in [1.29, 1.82) is 0 Å². The Balaban J connectivity index is 2.86. The van der Waals surface area contributed by atoms with Crippen LogP contribution in [0.3, 0.4) is 0 Å². The van der Waals surface area contributed by atoms with E-state index in [2.05, 4.69) is 0 Å². The molecule has 1 amide bonds. The highest BCUT2D eigenvalue weighted by Gasteiger charge is 2.09. The maximum Gasteiger partial charge on any atom is 0.281 e. The summed E-state index contributed by atoms with van der Waals surface area (Å²) >= 11 is 7.02. The Labute approximate surface area is 109 Å². The molecule has 0 aliphatic rings. The van der Waals surface area contributed by atoms with Gasteiger partial charge in [0.25, 0.3) is 5.91 Å². The molecule has 0 bridgehead atoms. The van der Waals surface area contributed by atoms with Crippen molar-refractivity contribution >= 4 is 29.3 Å². The molecule has 0 fully saturated rings. The molecule has 0 aromatic heterocycles.